The van der Waals surface area contributed by atoms with Gasteiger partial charge in [-0.05, 0) is 90.3 Å². The normalized spacial score (nSPS) is 16.6. The van der Waals surface area contributed by atoms with E-state index in [1.54, 1.807) is 17.7 Å². The molecule has 9 nitrogen and oxygen atoms in total. The van der Waals surface area contributed by atoms with Gasteiger partial charge >= 0.3 is 0 Å². The Morgan fingerprint density at radius 2 is 1.69 bits per heavy atom. The van der Waals surface area contributed by atoms with Crippen LogP contribution in [0.15, 0.2) is 89.5 Å². The summed E-state index contributed by atoms with van der Waals surface area (Å²) in [6, 6.07) is 20.9. The lowest BCUT2D eigenvalue weighted by molar-refractivity contribution is 0.0976. The highest BCUT2D eigenvalue weighted by molar-refractivity contribution is 7.90. The van der Waals surface area contributed by atoms with E-state index in [0.29, 0.717) is 11.0 Å². The third kappa shape index (κ3) is 8.65. The van der Waals surface area contributed by atoms with Crippen LogP contribution in [0.1, 0.15) is 68.1 Å². The molecule has 0 saturated carbocycles. The van der Waals surface area contributed by atoms with Crippen LogP contribution in [0.4, 0.5) is 10.1 Å². The number of allylic oxidation sites excluding steroid dienone is 1. The predicted molar refractivity (Wildman–Crippen MR) is 199 cm³/mol. The minimum absolute atomic E-state index is 0.0538. The maximum Gasteiger partial charge on any atom is 0.283 e. The first kappa shape index (κ1) is 36.2. The Morgan fingerprint density at radius 1 is 0.961 bits per heavy atom. The average Bonchev–Trinajstić information content (AvgIpc) is 3.13. The highest BCUT2D eigenvalue weighted by Gasteiger charge is 2.29. The van der Waals surface area contributed by atoms with Gasteiger partial charge in [0.25, 0.3) is 15.9 Å². The Balaban J connectivity index is 1.08. The molecule has 1 aliphatic carbocycles. The molecular weight excluding hydrogens is 666 g/mol. The summed E-state index contributed by atoms with van der Waals surface area (Å²) < 4.78 is 48.1. The maximum absolute atomic E-state index is 14.6. The number of carbonyl (C=O) groups is 1. The fourth-order valence-electron chi connectivity index (χ4n) is 6.92. The molecule has 51 heavy (non-hydrogen) atoms. The van der Waals surface area contributed by atoms with Crippen LogP contribution >= 0.6 is 0 Å². The van der Waals surface area contributed by atoms with Crippen LogP contribution in [-0.2, 0) is 16.4 Å². The van der Waals surface area contributed by atoms with Crippen molar-refractivity contribution in [3.8, 4) is 17.1 Å². The van der Waals surface area contributed by atoms with Crippen LogP contribution in [-0.4, -0.2) is 69.0 Å². The number of benzene rings is 2. The largest absolute Gasteiger partial charge is 0.481 e. The molecule has 3 heterocycles. The second kappa shape index (κ2) is 15.3. The lowest BCUT2D eigenvalue weighted by atomic mass is 9.72. The lowest BCUT2D eigenvalue weighted by Crippen LogP contribution is -2.47. The number of nitrogens with zero attached hydrogens (tertiary/aromatic N) is 4. The first-order valence-electron chi connectivity index (χ1n) is 17.6. The Labute approximate surface area is 300 Å². The van der Waals surface area contributed by atoms with E-state index >= 15 is 0 Å². The number of anilines is 1. The molecule has 1 N–H and O–H groups in total. The summed E-state index contributed by atoms with van der Waals surface area (Å²) in [5.41, 5.74) is 6.98. The predicted octanol–water partition coefficient (Wildman–Crippen LogP) is 7.15. The summed E-state index contributed by atoms with van der Waals surface area (Å²) in [4.78, 5) is 25.8. The van der Waals surface area contributed by atoms with Gasteiger partial charge in [-0.3, -0.25) is 9.69 Å². The minimum Gasteiger partial charge on any atom is -0.481 e. The fraction of sp³-hybridized carbons (Fsp3) is 0.375. The Kier molecular flexibility index (Phi) is 10.9. The van der Waals surface area contributed by atoms with Crippen LogP contribution in [0.2, 0.25) is 0 Å². The van der Waals surface area contributed by atoms with Crippen molar-refractivity contribution in [2.75, 3.05) is 44.7 Å². The summed E-state index contributed by atoms with van der Waals surface area (Å²) >= 11 is 0. The number of ether oxygens (including phenoxy) is 1. The van der Waals surface area contributed by atoms with Gasteiger partial charge in [0.05, 0.1) is 12.0 Å². The highest BCUT2D eigenvalue weighted by atomic mass is 32.2. The van der Waals surface area contributed by atoms with Gasteiger partial charge < -0.3 is 9.64 Å². The van der Waals surface area contributed by atoms with Crippen molar-refractivity contribution in [3.63, 3.8) is 0 Å². The van der Waals surface area contributed by atoms with Gasteiger partial charge in [0, 0.05) is 56.2 Å². The molecule has 1 fully saturated rings. The van der Waals surface area contributed by atoms with Crippen molar-refractivity contribution in [1.29, 1.82) is 0 Å². The molecule has 2 aromatic heterocycles. The number of rotatable bonds is 11. The number of hydrogen-bond acceptors (Lipinski definition) is 8. The zero-order valence-corrected chi connectivity index (χ0v) is 30.6. The quantitative estimate of drug-likeness (QED) is 0.175. The van der Waals surface area contributed by atoms with Gasteiger partial charge in [-0.1, -0.05) is 57.0 Å². The van der Waals surface area contributed by atoms with Crippen molar-refractivity contribution in [2.24, 2.45) is 5.41 Å². The zero-order chi connectivity index (χ0) is 36.2. The number of aryl methyl sites for hydroxylation is 1. The van der Waals surface area contributed by atoms with Crippen LogP contribution < -0.4 is 14.4 Å². The molecule has 1 saturated heterocycles. The maximum atomic E-state index is 14.6. The SMILES string of the molecule is CCCc1ccc(C2=C(CN3CCN(c4ccc(S(=O)(=O)NC(=O)c5ccc(F)c(-c6ccnc(OC)c6)n5)cc4)CC3)CCC(C)(C)C2)cc1. The van der Waals surface area contributed by atoms with Crippen LogP contribution in [0.3, 0.4) is 0 Å². The number of methoxy groups -OCH3 is 1. The third-order valence-electron chi connectivity index (χ3n) is 9.85. The number of nitrogens with one attached hydrogen (secondary N) is 1. The van der Waals surface area contributed by atoms with Gasteiger partial charge in [0.1, 0.15) is 17.2 Å². The molecule has 268 valence electrons. The Bertz CT molecular complexity index is 2010. The summed E-state index contributed by atoms with van der Waals surface area (Å²) in [5.74, 6) is -1.39. The van der Waals surface area contributed by atoms with E-state index in [2.05, 4.69) is 69.5 Å². The molecule has 0 unspecified atom stereocenters. The molecule has 0 spiro atoms. The van der Waals surface area contributed by atoms with Gasteiger partial charge in [-0.15, -0.1) is 0 Å². The molecule has 6 rings (SSSR count). The number of piperazine rings is 1. The monoisotopic (exact) mass is 711 g/mol. The molecule has 11 heteroatoms. The van der Waals surface area contributed by atoms with E-state index in [1.165, 1.54) is 60.7 Å². The number of sulfonamides is 1. The summed E-state index contributed by atoms with van der Waals surface area (Å²) in [7, 11) is -2.79. The smallest absolute Gasteiger partial charge is 0.283 e. The van der Waals surface area contributed by atoms with Crippen LogP contribution in [0, 0.1) is 11.2 Å². The molecular formula is C40H46FN5O4S. The van der Waals surface area contributed by atoms with E-state index in [0.717, 1.165) is 76.2 Å². The number of carbonyl (C=O) groups excluding carboxylic acids is 1. The second-order valence-corrected chi connectivity index (χ2v) is 15.9. The van der Waals surface area contributed by atoms with Crippen molar-refractivity contribution >= 4 is 27.2 Å². The van der Waals surface area contributed by atoms with Gasteiger partial charge in [0.15, 0.2) is 0 Å². The third-order valence-corrected chi connectivity index (χ3v) is 11.2. The first-order valence-corrected chi connectivity index (χ1v) is 19.0. The number of halogens is 1. The molecule has 1 amide bonds. The fourth-order valence-corrected chi connectivity index (χ4v) is 7.88. The Hall–Kier alpha value is -4.61. The van der Waals surface area contributed by atoms with E-state index < -0.39 is 21.7 Å². The van der Waals surface area contributed by atoms with Gasteiger partial charge in [-0.2, -0.15) is 0 Å². The van der Waals surface area contributed by atoms with Gasteiger partial charge in [-0.25, -0.2) is 27.5 Å². The molecule has 0 bridgehead atoms. The lowest BCUT2D eigenvalue weighted by Gasteiger charge is -2.39. The molecule has 2 aliphatic rings. The van der Waals surface area contributed by atoms with E-state index in [1.807, 2.05) is 0 Å². The molecule has 0 radical (unpaired) electrons. The molecule has 0 atom stereocenters. The zero-order valence-electron chi connectivity index (χ0n) is 29.8. The Morgan fingerprint density at radius 3 is 2.37 bits per heavy atom. The van der Waals surface area contributed by atoms with Crippen LogP contribution in [0.25, 0.3) is 16.8 Å². The highest BCUT2D eigenvalue weighted by Crippen LogP contribution is 2.43. The number of pyridine rings is 2. The number of aromatic nitrogens is 2. The first-order chi connectivity index (χ1) is 24.4. The molecule has 1 aliphatic heterocycles. The topological polar surface area (TPSA) is 105 Å². The minimum atomic E-state index is -4.22. The van der Waals surface area contributed by atoms with Crippen molar-refractivity contribution in [2.45, 2.75) is 57.8 Å². The average molecular weight is 712 g/mol. The molecule has 2 aromatic carbocycles. The van der Waals surface area contributed by atoms with E-state index in [4.69, 9.17) is 4.74 Å². The van der Waals surface area contributed by atoms with E-state index in [-0.39, 0.29) is 22.2 Å². The summed E-state index contributed by atoms with van der Waals surface area (Å²) in [6.45, 7) is 11.4. The standard InChI is InChI=1S/C40H46FN5O4S/c1-5-6-28-7-9-29(10-8-28)34-26-40(2,3)19-17-31(34)27-45-21-23-46(24-22-45)32-11-13-33(14-12-32)51(48,49)44-39(47)36-16-15-35(41)38(43-36)30-18-20-42-37(25-30)50-4/h7-16,18,20,25H,5-6,17,19,21-24,26-27H2,1-4H3,(H,44,47). The van der Waals surface area contributed by atoms with Crippen molar-refractivity contribution in [3.05, 3.63) is 107 Å². The molecule has 4 aromatic rings. The van der Waals surface area contributed by atoms with Crippen LogP contribution in [0.5, 0.6) is 5.88 Å². The number of hydrogen-bond donors (Lipinski definition) is 1. The van der Waals surface area contributed by atoms with Crippen molar-refractivity contribution < 1.29 is 22.3 Å². The van der Waals surface area contributed by atoms with Crippen molar-refractivity contribution in [1.82, 2.24) is 19.6 Å². The second-order valence-electron chi connectivity index (χ2n) is 14.2. The van der Waals surface area contributed by atoms with Gasteiger partial charge in [0.2, 0.25) is 5.88 Å². The summed E-state index contributed by atoms with van der Waals surface area (Å²) in [6.07, 6.45) is 7.08. The number of amides is 1. The summed E-state index contributed by atoms with van der Waals surface area (Å²) in [5, 5.41) is 0. The van der Waals surface area contributed by atoms with E-state index in [9.17, 15) is 17.6 Å².